The van der Waals surface area contributed by atoms with Crippen LogP contribution in [-0.2, 0) is 4.74 Å². The molecule has 0 aliphatic heterocycles. The molecule has 0 aliphatic carbocycles. The highest BCUT2D eigenvalue weighted by molar-refractivity contribution is 9.10. The first-order valence-electron chi connectivity index (χ1n) is 6.28. The van der Waals surface area contributed by atoms with Gasteiger partial charge in [0.15, 0.2) is 0 Å². The zero-order valence-corrected chi connectivity index (χ0v) is 13.5. The van der Waals surface area contributed by atoms with E-state index in [0.29, 0.717) is 21.5 Å². The van der Waals surface area contributed by atoms with Crippen molar-refractivity contribution >= 4 is 21.9 Å². The molecule has 21 heavy (non-hydrogen) atoms. The third kappa shape index (κ3) is 3.36. The number of halogens is 1. The van der Waals surface area contributed by atoms with E-state index in [4.69, 9.17) is 4.74 Å². The average Bonchev–Trinajstić information content (AvgIpc) is 2.43. The Morgan fingerprint density at radius 1 is 1.14 bits per heavy atom. The number of esters is 1. The van der Waals surface area contributed by atoms with Gasteiger partial charge in [-0.05, 0) is 71.2 Å². The van der Waals surface area contributed by atoms with Crippen molar-refractivity contribution in [1.82, 2.24) is 0 Å². The van der Waals surface area contributed by atoms with Crippen molar-refractivity contribution in [2.24, 2.45) is 0 Å². The van der Waals surface area contributed by atoms with Gasteiger partial charge in [0.1, 0.15) is 17.2 Å². The zero-order valence-electron chi connectivity index (χ0n) is 11.9. The van der Waals surface area contributed by atoms with Gasteiger partial charge < -0.3 is 14.6 Å². The number of phenolic OH excluding ortho intramolecular Hbond substituents is 1. The minimum atomic E-state index is -0.403. The van der Waals surface area contributed by atoms with Crippen LogP contribution in [0, 0.1) is 13.8 Å². The maximum atomic E-state index is 11.5. The number of carbonyl (C=O) groups excluding carboxylic acids is 1. The van der Waals surface area contributed by atoms with E-state index < -0.39 is 5.97 Å². The van der Waals surface area contributed by atoms with Crippen molar-refractivity contribution in [3.8, 4) is 17.2 Å². The summed E-state index contributed by atoms with van der Waals surface area (Å²) in [6.07, 6.45) is 0. The number of hydrogen-bond donors (Lipinski definition) is 1. The third-order valence-electron chi connectivity index (χ3n) is 3.01. The van der Waals surface area contributed by atoms with Crippen LogP contribution in [0.2, 0.25) is 0 Å². The van der Waals surface area contributed by atoms with E-state index in [-0.39, 0.29) is 5.75 Å². The molecule has 0 heterocycles. The number of benzene rings is 2. The highest BCUT2D eigenvalue weighted by Gasteiger charge is 2.12. The van der Waals surface area contributed by atoms with Crippen LogP contribution in [0.4, 0.5) is 0 Å². The van der Waals surface area contributed by atoms with Crippen molar-refractivity contribution in [2.75, 3.05) is 7.11 Å². The lowest BCUT2D eigenvalue weighted by Gasteiger charge is -2.14. The van der Waals surface area contributed by atoms with Crippen molar-refractivity contribution in [2.45, 2.75) is 13.8 Å². The molecule has 2 aromatic carbocycles. The number of phenols is 1. The number of carbonyl (C=O) groups is 1. The quantitative estimate of drug-likeness (QED) is 0.836. The molecule has 0 saturated carbocycles. The third-order valence-corrected chi connectivity index (χ3v) is 3.63. The normalized spacial score (nSPS) is 10.3. The molecule has 0 spiro atoms. The first-order valence-corrected chi connectivity index (χ1v) is 7.07. The summed E-state index contributed by atoms with van der Waals surface area (Å²) in [5, 5.41) is 9.55. The van der Waals surface area contributed by atoms with Gasteiger partial charge in [-0.3, -0.25) is 0 Å². The predicted octanol–water partition coefficient (Wildman–Crippen LogP) is 4.35. The molecule has 110 valence electrons. The van der Waals surface area contributed by atoms with Crippen LogP contribution in [0.5, 0.6) is 17.2 Å². The van der Waals surface area contributed by atoms with Crippen molar-refractivity contribution < 1.29 is 19.4 Å². The van der Waals surface area contributed by atoms with Gasteiger partial charge in [-0.15, -0.1) is 0 Å². The molecule has 2 rings (SSSR count). The van der Waals surface area contributed by atoms with Crippen molar-refractivity contribution in [3.05, 3.63) is 51.5 Å². The Balaban J connectivity index is 2.35. The molecule has 0 aliphatic rings. The summed E-state index contributed by atoms with van der Waals surface area (Å²) >= 11 is 3.38. The second kappa shape index (κ2) is 6.18. The molecular formula is C16H15BrO4. The van der Waals surface area contributed by atoms with E-state index >= 15 is 0 Å². The maximum Gasteiger partial charge on any atom is 0.337 e. The minimum absolute atomic E-state index is 0.206. The summed E-state index contributed by atoms with van der Waals surface area (Å²) in [7, 11) is 1.34. The van der Waals surface area contributed by atoms with Crippen LogP contribution < -0.4 is 4.74 Å². The van der Waals surface area contributed by atoms with Crippen LogP contribution in [0.3, 0.4) is 0 Å². The molecule has 0 atom stereocenters. The fraction of sp³-hybridized carbons (Fsp3) is 0.188. The van der Waals surface area contributed by atoms with Gasteiger partial charge in [0.05, 0.1) is 17.1 Å². The van der Waals surface area contributed by atoms with Crippen LogP contribution in [-0.4, -0.2) is 18.2 Å². The first-order chi connectivity index (χ1) is 9.92. The van der Waals surface area contributed by atoms with Crippen molar-refractivity contribution in [3.63, 3.8) is 0 Å². The monoisotopic (exact) mass is 350 g/mol. The summed E-state index contributed by atoms with van der Waals surface area (Å²) in [4.78, 5) is 11.5. The molecule has 4 nitrogen and oxygen atoms in total. The predicted molar refractivity (Wildman–Crippen MR) is 83.1 cm³/mol. The van der Waals surface area contributed by atoms with Gasteiger partial charge in [-0.2, -0.15) is 0 Å². The van der Waals surface area contributed by atoms with Crippen LogP contribution in [0.15, 0.2) is 34.8 Å². The Morgan fingerprint density at radius 3 is 2.29 bits per heavy atom. The Labute approximate surface area is 131 Å². The smallest absolute Gasteiger partial charge is 0.337 e. The lowest BCUT2D eigenvalue weighted by Crippen LogP contribution is -2.01. The number of hydrogen-bond acceptors (Lipinski definition) is 4. The van der Waals surface area contributed by atoms with E-state index in [2.05, 4.69) is 20.7 Å². The van der Waals surface area contributed by atoms with Crippen molar-refractivity contribution in [1.29, 1.82) is 0 Å². The highest BCUT2D eigenvalue weighted by Crippen LogP contribution is 2.35. The second-order valence-electron chi connectivity index (χ2n) is 4.65. The summed E-state index contributed by atoms with van der Waals surface area (Å²) in [5.41, 5.74) is 2.10. The fourth-order valence-electron chi connectivity index (χ4n) is 2.03. The Bertz CT molecular complexity index is 672. The van der Waals surface area contributed by atoms with Gasteiger partial charge >= 0.3 is 5.97 Å². The van der Waals surface area contributed by atoms with E-state index in [1.165, 1.54) is 7.11 Å². The van der Waals surface area contributed by atoms with E-state index in [1.807, 2.05) is 13.8 Å². The number of aryl methyl sites for hydroxylation is 2. The number of ether oxygens (including phenoxy) is 2. The number of rotatable bonds is 3. The molecule has 0 fully saturated rings. The lowest BCUT2D eigenvalue weighted by molar-refractivity contribution is 0.0600. The lowest BCUT2D eigenvalue weighted by atomic mass is 10.1. The van der Waals surface area contributed by atoms with Crippen LogP contribution in [0.1, 0.15) is 21.5 Å². The van der Waals surface area contributed by atoms with E-state index in [1.54, 1.807) is 30.3 Å². The summed E-state index contributed by atoms with van der Waals surface area (Å²) in [6.45, 7) is 3.72. The summed E-state index contributed by atoms with van der Waals surface area (Å²) < 4.78 is 11.2. The second-order valence-corrected chi connectivity index (χ2v) is 5.50. The molecular weight excluding hydrogens is 336 g/mol. The van der Waals surface area contributed by atoms with Gasteiger partial charge in [0.2, 0.25) is 0 Å². The van der Waals surface area contributed by atoms with E-state index in [0.717, 1.165) is 11.1 Å². The highest BCUT2D eigenvalue weighted by atomic mass is 79.9. The number of aromatic hydroxyl groups is 1. The summed E-state index contributed by atoms with van der Waals surface area (Å²) in [5.74, 6) is 1.07. The summed E-state index contributed by atoms with van der Waals surface area (Å²) in [6, 6.07) is 8.25. The SMILES string of the molecule is COC(=O)c1ccc(Oc2c(C)cc(O)cc2C)c(Br)c1. The minimum Gasteiger partial charge on any atom is -0.508 e. The molecule has 0 amide bonds. The molecule has 5 heteroatoms. The van der Waals surface area contributed by atoms with Crippen LogP contribution >= 0.6 is 15.9 Å². The molecule has 2 aromatic rings. The van der Waals surface area contributed by atoms with Gasteiger partial charge in [-0.1, -0.05) is 0 Å². The van der Waals surface area contributed by atoms with Gasteiger partial charge in [-0.25, -0.2) is 4.79 Å². The zero-order chi connectivity index (χ0) is 15.6. The molecule has 0 radical (unpaired) electrons. The maximum absolute atomic E-state index is 11.5. The molecule has 0 bridgehead atoms. The Kier molecular flexibility index (Phi) is 4.53. The largest absolute Gasteiger partial charge is 0.508 e. The first kappa shape index (κ1) is 15.4. The van der Waals surface area contributed by atoms with E-state index in [9.17, 15) is 9.90 Å². The van der Waals surface area contributed by atoms with Gasteiger partial charge in [0.25, 0.3) is 0 Å². The molecule has 1 N–H and O–H groups in total. The fourth-order valence-corrected chi connectivity index (χ4v) is 2.49. The average molecular weight is 351 g/mol. The number of methoxy groups -OCH3 is 1. The molecule has 0 saturated heterocycles. The van der Waals surface area contributed by atoms with Crippen LogP contribution in [0.25, 0.3) is 0 Å². The topological polar surface area (TPSA) is 55.8 Å². The van der Waals surface area contributed by atoms with Gasteiger partial charge in [0, 0.05) is 0 Å². The molecule has 0 aromatic heterocycles. The standard InChI is InChI=1S/C16H15BrO4/c1-9-6-12(18)7-10(2)15(9)21-14-5-4-11(8-13(14)17)16(19)20-3/h4-8,18H,1-3H3. The Hall–Kier alpha value is -2.01. The molecule has 0 unspecified atom stereocenters. The Morgan fingerprint density at radius 2 is 1.76 bits per heavy atom.